The molecule has 0 saturated heterocycles. The molecule has 11 heteroatoms. The molecule has 5 aliphatic rings. The Morgan fingerprint density at radius 1 is 1.10 bits per heavy atom. The number of nitrogens with one attached hydrogen (secondary N) is 1. The number of hydrogen-bond acceptors (Lipinski definition) is 7. The molecule has 0 aromatic heterocycles. The average Bonchev–Trinajstić information content (AvgIpc) is 3.61. The Bertz CT molecular complexity index is 1830. The van der Waals surface area contributed by atoms with Crippen molar-refractivity contribution in [3.05, 3.63) is 70.3 Å². The predicted octanol–water partition coefficient (Wildman–Crippen LogP) is 7.06. The van der Waals surface area contributed by atoms with Gasteiger partial charge in [-0.2, -0.15) is 0 Å². The van der Waals surface area contributed by atoms with Gasteiger partial charge in [-0.05, 0) is 118 Å². The largest absolute Gasteiger partial charge is 0.490 e. The maximum Gasteiger partial charge on any atom is 0.264 e. The van der Waals surface area contributed by atoms with Crippen LogP contribution in [0.25, 0.3) is 0 Å². The fraction of sp³-hybridized carbons (Fsp3) is 0.610. The number of benzene rings is 2. The highest BCUT2D eigenvalue weighted by atomic mass is 35.5. The predicted molar refractivity (Wildman–Crippen MR) is 205 cm³/mol. The molecule has 2 aromatic rings. The minimum absolute atomic E-state index is 0.0616. The van der Waals surface area contributed by atoms with Crippen LogP contribution in [0.5, 0.6) is 5.75 Å². The molecule has 2 aromatic carbocycles. The number of rotatable bonds is 4. The number of amides is 2. The molecule has 2 fully saturated rings. The first-order chi connectivity index (χ1) is 24.8. The Kier molecular flexibility index (Phi) is 10.5. The molecular formula is C41H54ClN3O6S. The SMILES string of the molecule is CO[C@@]1(CC(=O)N(C)C2CCCC2)/C=C\C[C@H](C)[C@@H](C)S(=O)(=O)NC(=O)c2ccc3c(c2)N(C[C@@H]2CC[C@H]21)C[C@@]1(CCCc2cc(Cl)ccc21)CO3. The van der Waals surface area contributed by atoms with Crippen LogP contribution in [0.3, 0.4) is 0 Å². The Morgan fingerprint density at radius 3 is 2.62 bits per heavy atom. The van der Waals surface area contributed by atoms with E-state index in [-0.39, 0.29) is 47.1 Å². The minimum atomic E-state index is -4.00. The van der Waals surface area contributed by atoms with E-state index in [9.17, 15) is 18.0 Å². The van der Waals surface area contributed by atoms with E-state index in [0.29, 0.717) is 31.9 Å². The number of anilines is 1. The molecule has 2 bridgehead atoms. The molecule has 1 spiro atoms. The number of carbonyl (C=O) groups excluding carboxylic acids is 2. The van der Waals surface area contributed by atoms with E-state index in [4.69, 9.17) is 21.1 Å². The van der Waals surface area contributed by atoms with E-state index < -0.39 is 26.8 Å². The van der Waals surface area contributed by atoms with Crippen molar-refractivity contribution in [3.8, 4) is 5.75 Å². The van der Waals surface area contributed by atoms with Crippen molar-refractivity contribution in [2.75, 3.05) is 38.8 Å². The second-order valence-electron chi connectivity index (χ2n) is 16.3. The first-order valence-electron chi connectivity index (χ1n) is 19.2. The fourth-order valence-corrected chi connectivity index (χ4v) is 11.2. The Balaban J connectivity index is 1.31. The molecule has 2 heterocycles. The average molecular weight is 752 g/mol. The van der Waals surface area contributed by atoms with Crippen molar-refractivity contribution in [1.82, 2.24) is 9.62 Å². The highest BCUT2D eigenvalue weighted by Gasteiger charge is 2.50. The van der Waals surface area contributed by atoms with Crippen LogP contribution in [-0.4, -0.2) is 75.9 Å². The van der Waals surface area contributed by atoms with Gasteiger partial charge in [-0.3, -0.25) is 9.59 Å². The number of hydrogen-bond donors (Lipinski definition) is 1. The smallest absolute Gasteiger partial charge is 0.264 e. The Morgan fingerprint density at radius 2 is 1.88 bits per heavy atom. The first-order valence-corrected chi connectivity index (χ1v) is 21.1. The lowest BCUT2D eigenvalue weighted by molar-refractivity contribution is -0.143. The van der Waals surface area contributed by atoms with E-state index >= 15 is 0 Å². The van der Waals surface area contributed by atoms with E-state index in [1.807, 2.05) is 37.1 Å². The normalized spacial score (nSPS) is 32.4. The van der Waals surface area contributed by atoms with Crippen molar-refractivity contribution >= 4 is 39.1 Å². The first kappa shape index (κ1) is 37.2. The molecule has 2 amide bonds. The van der Waals surface area contributed by atoms with Crippen LogP contribution in [0.2, 0.25) is 5.02 Å². The summed E-state index contributed by atoms with van der Waals surface area (Å²) >= 11 is 6.48. The van der Waals surface area contributed by atoms with Crippen LogP contribution in [0.15, 0.2) is 48.6 Å². The van der Waals surface area contributed by atoms with Crippen molar-refractivity contribution in [2.45, 2.75) is 107 Å². The number of fused-ring (bicyclic) bond motifs is 4. The van der Waals surface area contributed by atoms with Crippen LogP contribution in [0.1, 0.15) is 99.5 Å². The highest BCUT2D eigenvalue weighted by Crippen LogP contribution is 2.50. The van der Waals surface area contributed by atoms with Crippen LogP contribution in [0, 0.1) is 17.8 Å². The maximum atomic E-state index is 14.1. The molecule has 7 rings (SSSR count). The maximum absolute atomic E-state index is 14.1. The second-order valence-corrected chi connectivity index (χ2v) is 18.8. The van der Waals surface area contributed by atoms with Crippen molar-refractivity contribution in [3.63, 3.8) is 0 Å². The van der Waals surface area contributed by atoms with Crippen molar-refractivity contribution in [2.24, 2.45) is 17.8 Å². The second kappa shape index (κ2) is 14.6. The summed E-state index contributed by atoms with van der Waals surface area (Å²) in [6, 6.07) is 11.7. The topological polar surface area (TPSA) is 105 Å². The van der Waals surface area contributed by atoms with Gasteiger partial charge < -0.3 is 19.3 Å². The Labute approximate surface area is 314 Å². The summed E-state index contributed by atoms with van der Waals surface area (Å²) in [7, 11) is -0.352. The monoisotopic (exact) mass is 751 g/mol. The van der Waals surface area contributed by atoms with Crippen LogP contribution >= 0.6 is 11.6 Å². The van der Waals surface area contributed by atoms with E-state index in [2.05, 4.69) is 27.8 Å². The summed E-state index contributed by atoms with van der Waals surface area (Å²) in [5.74, 6) is 0.0748. The van der Waals surface area contributed by atoms with Gasteiger partial charge >= 0.3 is 0 Å². The molecule has 2 aliphatic heterocycles. The lowest BCUT2D eigenvalue weighted by Gasteiger charge is -2.50. The van der Waals surface area contributed by atoms with E-state index in [1.54, 1.807) is 26.2 Å². The van der Waals surface area contributed by atoms with Crippen molar-refractivity contribution < 1.29 is 27.5 Å². The number of allylic oxidation sites excluding steroid dienone is 1. The zero-order valence-corrected chi connectivity index (χ0v) is 32.6. The standard InChI is InChI=1S/C41H54ClN3O6S/c1-27-9-7-20-41(50-4,23-38(46)44(3)33-11-5-6-12-33)35-16-13-31(35)24-45-25-40(19-8-10-29-21-32(42)15-17-34(29)40)26-51-37-18-14-30(22-36(37)45)39(47)43-52(48,49)28(27)2/h7,14-15,17-18,20-22,27-28,31,33,35H,5-6,8-13,16,19,23-26H2,1-4H3,(H,43,47)/b20-7-/t27-,28+,31-,35+,40-,41+/m0/s1. The van der Waals surface area contributed by atoms with E-state index in [1.165, 1.54) is 11.1 Å². The molecule has 6 atom stereocenters. The Hall–Kier alpha value is -3.08. The van der Waals surface area contributed by atoms with Gasteiger partial charge in [0.05, 0.1) is 29.6 Å². The van der Waals surface area contributed by atoms with Crippen LogP contribution in [-0.2, 0) is 31.4 Å². The molecule has 9 nitrogen and oxygen atoms in total. The molecule has 0 radical (unpaired) electrons. The number of halogens is 1. The molecule has 282 valence electrons. The summed E-state index contributed by atoms with van der Waals surface area (Å²) < 4.78 is 42.7. The molecule has 3 aliphatic carbocycles. The third kappa shape index (κ3) is 7.00. The highest BCUT2D eigenvalue weighted by molar-refractivity contribution is 7.90. The van der Waals surface area contributed by atoms with Gasteiger partial charge in [0.25, 0.3) is 5.91 Å². The third-order valence-electron chi connectivity index (χ3n) is 13.3. The summed E-state index contributed by atoms with van der Waals surface area (Å²) in [4.78, 5) is 32.0. The number of aryl methyl sites for hydroxylation is 1. The number of methoxy groups -OCH3 is 1. The summed E-state index contributed by atoms with van der Waals surface area (Å²) in [6.45, 7) is 5.33. The number of carbonyl (C=O) groups is 2. The molecule has 52 heavy (non-hydrogen) atoms. The summed E-state index contributed by atoms with van der Waals surface area (Å²) in [5, 5.41) is -0.111. The van der Waals surface area contributed by atoms with E-state index in [0.717, 1.165) is 68.5 Å². The van der Waals surface area contributed by atoms with Gasteiger partial charge in [-0.25, -0.2) is 13.1 Å². The summed E-state index contributed by atoms with van der Waals surface area (Å²) in [6.07, 6.45) is 13.9. The lowest BCUT2D eigenvalue weighted by atomic mass is 9.62. The zero-order valence-electron chi connectivity index (χ0n) is 31.0. The van der Waals surface area contributed by atoms with Gasteiger partial charge in [0.1, 0.15) is 5.75 Å². The van der Waals surface area contributed by atoms with Gasteiger partial charge in [-0.1, -0.05) is 49.6 Å². The van der Waals surface area contributed by atoms with Gasteiger partial charge in [-0.15, -0.1) is 0 Å². The van der Waals surface area contributed by atoms with Crippen LogP contribution < -0.4 is 14.4 Å². The quantitative estimate of drug-likeness (QED) is 0.334. The fourth-order valence-electron chi connectivity index (χ4n) is 9.69. The molecule has 2 saturated carbocycles. The van der Waals surface area contributed by atoms with Gasteiger partial charge in [0.15, 0.2) is 0 Å². The number of ether oxygens (including phenoxy) is 2. The van der Waals surface area contributed by atoms with Crippen LogP contribution in [0.4, 0.5) is 5.69 Å². The zero-order chi connectivity index (χ0) is 36.8. The lowest BCUT2D eigenvalue weighted by Crippen LogP contribution is -2.54. The van der Waals surface area contributed by atoms with Gasteiger partial charge in [0.2, 0.25) is 15.9 Å². The third-order valence-corrected chi connectivity index (χ3v) is 15.5. The van der Waals surface area contributed by atoms with Crippen molar-refractivity contribution in [1.29, 1.82) is 0 Å². The number of sulfonamides is 1. The summed E-state index contributed by atoms with van der Waals surface area (Å²) in [5.41, 5.74) is 2.37. The van der Waals surface area contributed by atoms with Gasteiger partial charge in [0, 0.05) is 49.3 Å². The minimum Gasteiger partial charge on any atom is -0.490 e. The molecule has 1 N–H and O–H groups in total. The molecule has 0 unspecified atom stereocenters. The molecular weight excluding hydrogens is 698 g/mol. The number of nitrogens with zero attached hydrogens (tertiary/aromatic N) is 2.